The molecular formula is C16H24N2O10. The molecule has 0 saturated heterocycles. The van der Waals surface area contributed by atoms with E-state index in [1.54, 1.807) is 7.11 Å². The Kier molecular flexibility index (Phi) is 11.4. The Bertz CT molecular complexity index is 626. The van der Waals surface area contributed by atoms with E-state index >= 15 is 0 Å². The van der Waals surface area contributed by atoms with Gasteiger partial charge in [0, 0.05) is 14.2 Å². The maximum atomic E-state index is 11.1. The first-order chi connectivity index (χ1) is 13.5. The van der Waals surface area contributed by atoms with Gasteiger partial charge in [-0.15, -0.1) is 0 Å². The van der Waals surface area contributed by atoms with Gasteiger partial charge in [-0.3, -0.25) is 20.2 Å². The molecule has 0 unspecified atom stereocenters. The number of nitro groups is 2. The van der Waals surface area contributed by atoms with E-state index in [4.69, 9.17) is 28.4 Å². The van der Waals surface area contributed by atoms with Gasteiger partial charge in [-0.25, -0.2) is 0 Å². The zero-order valence-corrected chi connectivity index (χ0v) is 15.8. The van der Waals surface area contributed by atoms with Crippen LogP contribution >= 0.6 is 0 Å². The zero-order valence-electron chi connectivity index (χ0n) is 15.8. The van der Waals surface area contributed by atoms with Crippen LogP contribution in [-0.2, 0) is 18.9 Å². The molecule has 0 spiro atoms. The van der Waals surface area contributed by atoms with Gasteiger partial charge in [-0.2, -0.15) is 0 Å². The highest BCUT2D eigenvalue weighted by Gasteiger charge is 2.28. The van der Waals surface area contributed by atoms with Crippen molar-refractivity contribution in [3.63, 3.8) is 0 Å². The number of nitro benzene ring substituents is 2. The average molecular weight is 404 g/mol. The number of hydrogen-bond acceptors (Lipinski definition) is 10. The Balaban J connectivity index is 2.67. The summed E-state index contributed by atoms with van der Waals surface area (Å²) in [7, 11) is 3.04. The lowest BCUT2D eigenvalue weighted by Crippen LogP contribution is -2.13. The van der Waals surface area contributed by atoms with Crippen LogP contribution in [-0.4, -0.2) is 76.9 Å². The third kappa shape index (κ3) is 8.43. The molecule has 0 amide bonds. The molecule has 0 aromatic heterocycles. The molecule has 12 nitrogen and oxygen atoms in total. The number of methoxy groups -OCH3 is 2. The lowest BCUT2D eigenvalue weighted by Gasteiger charge is -2.13. The van der Waals surface area contributed by atoms with Gasteiger partial charge in [-0.05, 0) is 0 Å². The zero-order chi connectivity index (χ0) is 20.8. The minimum absolute atomic E-state index is 0.00773. The van der Waals surface area contributed by atoms with Gasteiger partial charge in [0.05, 0.1) is 61.6 Å². The second-order valence-corrected chi connectivity index (χ2v) is 5.21. The minimum atomic E-state index is -0.849. The van der Waals surface area contributed by atoms with E-state index in [1.807, 2.05) is 0 Å². The van der Waals surface area contributed by atoms with Gasteiger partial charge in [0.1, 0.15) is 13.2 Å². The number of rotatable bonds is 16. The van der Waals surface area contributed by atoms with Crippen molar-refractivity contribution in [3.05, 3.63) is 32.4 Å². The summed E-state index contributed by atoms with van der Waals surface area (Å²) < 4.78 is 31.1. The van der Waals surface area contributed by atoms with Crippen molar-refractivity contribution in [2.45, 2.75) is 0 Å². The second kappa shape index (κ2) is 13.6. The molecule has 1 rings (SSSR count). The lowest BCUT2D eigenvalue weighted by atomic mass is 10.2. The van der Waals surface area contributed by atoms with Crippen LogP contribution in [0.5, 0.6) is 11.5 Å². The summed E-state index contributed by atoms with van der Waals surface area (Å²) in [4.78, 5) is 20.5. The van der Waals surface area contributed by atoms with Crippen LogP contribution in [0.2, 0.25) is 0 Å². The van der Waals surface area contributed by atoms with Crippen molar-refractivity contribution in [1.82, 2.24) is 0 Å². The molecule has 0 saturated carbocycles. The number of nitrogens with zero attached hydrogens (tertiary/aromatic N) is 2. The van der Waals surface area contributed by atoms with Crippen LogP contribution in [0, 0.1) is 20.2 Å². The summed E-state index contributed by atoms with van der Waals surface area (Å²) in [5, 5.41) is 22.2. The van der Waals surface area contributed by atoms with Crippen molar-refractivity contribution < 1.29 is 38.3 Å². The van der Waals surface area contributed by atoms with Crippen LogP contribution in [0.1, 0.15) is 0 Å². The van der Waals surface area contributed by atoms with E-state index < -0.39 is 21.2 Å². The Hall–Kier alpha value is -2.54. The highest BCUT2D eigenvalue weighted by Crippen LogP contribution is 2.39. The molecule has 1 aromatic rings. The molecule has 28 heavy (non-hydrogen) atoms. The highest BCUT2D eigenvalue weighted by atomic mass is 16.6. The first kappa shape index (κ1) is 23.5. The third-order valence-electron chi connectivity index (χ3n) is 3.27. The van der Waals surface area contributed by atoms with Crippen molar-refractivity contribution >= 4 is 11.4 Å². The Morgan fingerprint density at radius 1 is 0.679 bits per heavy atom. The van der Waals surface area contributed by atoms with E-state index in [0.29, 0.717) is 26.4 Å². The fourth-order valence-corrected chi connectivity index (χ4v) is 1.97. The molecule has 0 N–H and O–H groups in total. The molecular weight excluding hydrogens is 380 g/mol. The van der Waals surface area contributed by atoms with E-state index in [0.717, 1.165) is 12.1 Å². The fraction of sp³-hybridized carbons (Fsp3) is 0.625. The van der Waals surface area contributed by atoms with Crippen molar-refractivity contribution in [1.29, 1.82) is 0 Å². The predicted molar refractivity (Wildman–Crippen MR) is 96.1 cm³/mol. The van der Waals surface area contributed by atoms with Gasteiger partial charge in [0.25, 0.3) is 0 Å². The molecule has 0 heterocycles. The topological polar surface area (TPSA) is 142 Å². The maximum Gasteiger partial charge on any atom is 0.350 e. The summed E-state index contributed by atoms with van der Waals surface area (Å²) in [6, 6.07) is 1.93. The predicted octanol–water partition coefficient (Wildman–Crippen LogP) is 1.59. The van der Waals surface area contributed by atoms with E-state index in [2.05, 4.69) is 0 Å². The number of benzene rings is 1. The molecule has 0 fully saturated rings. The van der Waals surface area contributed by atoms with E-state index in [9.17, 15) is 20.2 Å². The van der Waals surface area contributed by atoms with Crippen LogP contribution in [0.25, 0.3) is 0 Å². The van der Waals surface area contributed by atoms with Crippen LogP contribution in [0.15, 0.2) is 12.1 Å². The quantitative estimate of drug-likeness (QED) is 0.226. The SMILES string of the molecule is COCCOCCOCCOc1cc([N+](=O)[O-])c([N+](=O)[O-])cc1OCCOC. The summed E-state index contributed by atoms with van der Waals surface area (Å²) in [5.41, 5.74) is -1.37. The third-order valence-corrected chi connectivity index (χ3v) is 3.27. The van der Waals surface area contributed by atoms with E-state index in [1.165, 1.54) is 7.11 Å². The second-order valence-electron chi connectivity index (χ2n) is 5.21. The van der Waals surface area contributed by atoms with Gasteiger partial charge >= 0.3 is 11.4 Å². The van der Waals surface area contributed by atoms with Gasteiger partial charge < -0.3 is 28.4 Å². The van der Waals surface area contributed by atoms with Crippen molar-refractivity contribution in [3.8, 4) is 11.5 Å². The van der Waals surface area contributed by atoms with Crippen molar-refractivity contribution in [2.75, 3.05) is 67.1 Å². The van der Waals surface area contributed by atoms with E-state index in [-0.39, 0.29) is 37.9 Å². The van der Waals surface area contributed by atoms with Gasteiger partial charge in [0.2, 0.25) is 0 Å². The monoisotopic (exact) mass is 404 g/mol. The molecule has 0 aliphatic rings. The summed E-state index contributed by atoms with van der Waals surface area (Å²) in [5.74, 6) is 0.0191. The Labute approximate surface area is 161 Å². The summed E-state index contributed by atoms with van der Waals surface area (Å²) >= 11 is 0. The first-order valence-electron chi connectivity index (χ1n) is 8.37. The first-order valence-corrected chi connectivity index (χ1v) is 8.37. The molecule has 158 valence electrons. The molecule has 0 aliphatic carbocycles. The summed E-state index contributed by atoms with van der Waals surface area (Å²) in [6.07, 6.45) is 0. The molecule has 0 bridgehead atoms. The Morgan fingerprint density at radius 3 is 1.46 bits per heavy atom. The minimum Gasteiger partial charge on any atom is -0.487 e. The number of ether oxygens (including phenoxy) is 6. The largest absolute Gasteiger partial charge is 0.487 e. The molecule has 0 atom stereocenters. The molecule has 1 aromatic carbocycles. The smallest absolute Gasteiger partial charge is 0.350 e. The number of hydrogen-bond donors (Lipinski definition) is 0. The van der Waals surface area contributed by atoms with Gasteiger partial charge in [0.15, 0.2) is 11.5 Å². The molecule has 0 radical (unpaired) electrons. The normalized spacial score (nSPS) is 10.6. The molecule has 12 heteroatoms. The maximum absolute atomic E-state index is 11.1. The Morgan fingerprint density at radius 2 is 1.04 bits per heavy atom. The van der Waals surface area contributed by atoms with Crippen molar-refractivity contribution in [2.24, 2.45) is 0 Å². The van der Waals surface area contributed by atoms with Crippen LogP contribution in [0.4, 0.5) is 11.4 Å². The standard InChI is InChI=1S/C16H24N2O10/c1-23-3-5-25-6-7-26-8-10-28-16-12-14(18(21)22)13(17(19)20)11-15(16)27-9-4-24-2/h11-12H,3-10H2,1-2H3. The van der Waals surface area contributed by atoms with Crippen LogP contribution in [0.3, 0.4) is 0 Å². The van der Waals surface area contributed by atoms with Gasteiger partial charge in [-0.1, -0.05) is 0 Å². The lowest BCUT2D eigenvalue weighted by molar-refractivity contribution is -0.422. The summed E-state index contributed by atoms with van der Waals surface area (Å²) in [6.45, 7) is 2.26. The fourth-order valence-electron chi connectivity index (χ4n) is 1.97. The molecule has 0 aliphatic heterocycles. The average Bonchev–Trinajstić information content (AvgIpc) is 2.67. The van der Waals surface area contributed by atoms with Crippen LogP contribution < -0.4 is 9.47 Å². The highest BCUT2D eigenvalue weighted by molar-refractivity contribution is 5.62.